The molecule has 1 aliphatic carbocycles. The van der Waals surface area contributed by atoms with Crippen molar-refractivity contribution in [3.8, 4) is 16.9 Å². The molecule has 0 spiro atoms. The van der Waals surface area contributed by atoms with Crippen LogP contribution in [0.4, 0.5) is 5.69 Å². The summed E-state index contributed by atoms with van der Waals surface area (Å²) in [5.74, 6) is 0.896. The summed E-state index contributed by atoms with van der Waals surface area (Å²) in [7, 11) is 0. The largest absolute Gasteiger partial charge is 0.492 e. The predicted molar refractivity (Wildman–Crippen MR) is 104 cm³/mol. The van der Waals surface area contributed by atoms with Crippen LogP contribution in [0.25, 0.3) is 26.2 Å². The van der Waals surface area contributed by atoms with Gasteiger partial charge < -0.3 is 20.6 Å². The molecule has 0 atom stereocenters. The molecule has 0 radical (unpaired) electrons. The number of benzene rings is 2. The van der Waals surface area contributed by atoms with Crippen LogP contribution in [0.1, 0.15) is 12.8 Å². The molecular formula is C20H19N3OS. The summed E-state index contributed by atoms with van der Waals surface area (Å²) in [6, 6.07) is 16.5. The number of nitrogens with two attached hydrogens (primary N) is 2. The number of nitrogens with zero attached hydrogens (tertiary/aromatic N) is 1. The lowest BCUT2D eigenvalue weighted by molar-refractivity contribution is 0.280. The van der Waals surface area contributed by atoms with E-state index in [1.165, 1.54) is 26.2 Å². The average Bonchev–Trinajstić information content (AvgIpc) is 3.06. The van der Waals surface area contributed by atoms with Crippen LogP contribution in [0.3, 0.4) is 0 Å². The minimum absolute atomic E-state index is 0.0919. The van der Waals surface area contributed by atoms with Crippen molar-refractivity contribution in [2.24, 2.45) is 5.73 Å². The van der Waals surface area contributed by atoms with E-state index in [2.05, 4.69) is 40.9 Å². The molecule has 4 nitrogen and oxygen atoms in total. The van der Waals surface area contributed by atoms with Gasteiger partial charge >= 0.3 is 0 Å². The maximum absolute atomic E-state index is 6.10. The van der Waals surface area contributed by atoms with E-state index in [1.54, 1.807) is 11.3 Å². The number of nitrogen functional groups attached to an aromatic ring is 1. The van der Waals surface area contributed by atoms with Crippen molar-refractivity contribution in [1.29, 1.82) is 0 Å². The second kappa shape index (κ2) is 5.25. The average molecular weight is 349 g/mol. The van der Waals surface area contributed by atoms with Gasteiger partial charge in [-0.1, -0.05) is 12.1 Å². The molecule has 25 heavy (non-hydrogen) atoms. The Hall–Kier alpha value is -2.50. The Morgan fingerprint density at radius 2 is 1.84 bits per heavy atom. The summed E-state index contributed by atoms with van der Waals surface area (Å²) in [6.45, 7) is 0.601. The van der Waals surface area contributed by atoms with Gasteiger partial charge in [-0.25, -0.2) is 0 Å². The monoisotopic (exact) mass is 349 g/mol. The van der Waals surface area contributed by atoms with Crippen molar-refractivity contribution in [2.45, 2.75) is 18.4 Å². The number of hydrogen-bond acceptors (Lipinski definition) is 4. The number of hydrogen-bond donors (Lipinski definition) is 2. The third-order valence-corrected chi connectivity index (χ3v) is 5.92. The lowest BCUT2D eigenvalue weighted by Gasteiger charge is -2.10. The van der Waals surface area contributed by atoms with Crippen molar-refractivity contribution in [3.63, 3.8) is 0 Å². The Balaban J connectivity index is 1.49. The van der Waals surface area contributed by atoms with Crippen molar-refractivity contribution in [2.75, 3.05) is 12.3 Å². The minimum atomic E-state index is -0.0919. The lowest BCUT2D eigenvalue weighted by atomic mass is 10.1. The smallest absolute Gasteiger partial charge is 0.120 e. The van der Waals surface area contributed by atoms with Crippen LogP contribution in [0, 0.1) is 0 Å². The van der Waals surface area contributed by atoms with Crippen molar-refractivity contribution in [3.05, 3.63) is 54.7 Å². The van der Waals surface area contributed by atoms with E-state index >= 15 is 0 Å². The molecule has 2 aromatic carbocycles. The molecule has 0 aliphatic heterocycles. The van der Waals surface area contributed by atoms with Gasteiger partial charge in [0, 0.05) is 17.4 Å². The van der Waals surface area contributed by atoms with Crippen LogP contribution in [0.5, 0.6) is 5.75 Å². The summed E-state index contributed by atoms with van der Waals surface area (Å²) in [4.78, 5) is 1.22. The number of fused-ring (bicyclic) bond motifs is 3. The van der Waals surface area contributed by atoms with E-state index in [1.807, 2.05) is 18.2 Å². The van der Waals surface area contributed by atoms with Gasteiger partial charge in [0.1, 0.15) is 17.2 Å². The van der Waals surface area contributed by atoms with Crippen molar-refractivity contribution in [1.82, 2.24) is 4.40 Å². The van der Waals surface area contributed by atoms with E-state index in [-0.39, 0.29) is 5.54 Å². The zero-order chi connectivity index (χ0) is 17.0. The fourth-order valence-electron chi connectivity index (χ4n) is 3.05. The number of anilines is 1. The molecule has 5 rings (SSSR count). The summed E-state index contributed by atoms with van der Waals surface area (Å²) in [6.07, 6.45) is 4.30. The molecule has 2 heterocycles. The Bertz CT molecular complexity index is 1070. The normalized spacial score (nSPS) is 15.7. The molecule has 0 saturated heterocycles. The minimum Gasteiger partial charge on any atom is -0.492 e. The van der Waals surface area contributed by atoms with Crippen LogP contribution in [0.15, 0.2) is 54.7 Å². The first-order valence-corrected chi connectivity index (χ1v) is 9.24. The maximum atomic E-state index is 6.10. The Labute approximate surface area is 149 Å². The van der Waals surface area contributed by atoms with Gasteiger partial charge in [0.25, 0.3) is 0 Å². The summed E-state index contributed by atoms with van der Waals surface area (Å²) in [5, 5.41) is 0. The van der Waals surface area contributed by atoms with E-state index in [9.17, 15) is 0 Å². The summed E-state index contributed by atoms with van der Waals surface area (Å²) in [5.41, 5.74) is 16.1. The number of thiazole rings is 1. The molecule has 4 N–H and O–H groups in total. The number of rotatable bonds is 4. The molecule has 1 fully saturated rings. The Kier molecular flexibility index (Phi) is 3.11. The van der Waals surface area contributed by atoms with Crippen LogP contribution in [-0.2, 0) is 0 Å². The molecule has 5 heteroatoms. The topological polar surface area (TPSA) is 65.7 Å². The molecule has 0 bridgehead atoms. The quantitative estimate of drug-likeness (QED) is 0.541. The van der Waals surface area contributed by atoms with Gasteiger partial charge in [-0.05, 0) is 54.8 Å². The maximum Gasteiger partial charge on any atom is 0.120 e. The molecule has 4 aromatic rings. The van der Waals surface area contributed by atoms with E-state index < -0.39 is 0 Å². The lowest BCUT2D eigenvalue weighted by Crippen LogP contribution is -2.29. The van der Waals surface area contributed by atoms with Crippen LogP contribution in [0.2, 0.25) is 0 Å². The number of aromatic nitrogens is 1. The van der Waals surface area contributed by atoms with Crippen LogP contribution < -0.4 is 16.2 Å². The molecule has 126 valence electrons. The standard InChI is InChI=1S/C20H19N3OS/c21-15-3-1-13(2-4-15)14-9-19-23(11-14)17-6-5-16(10-18(17)25-19)24-12-20(22)7-8-20/h1-6,9-11H,7-8,12,21-22H2. The van der Waals surface area contributed by atoms with Gasteiger partial charge in [-0.2, -0.15) is 0 Å². The van der Waals surface area contributed by atoms with Crippen LogP contribution >= 0.6 is 11.3 Å². The third kappa shape index (κ3) is 2.65. The van der Waals surface area contributed by atoms with E-state index in [0.717, 1.165) is 24.3 Å². The van der Waals surface area contributed by atoms with Gasteiger partial charge in [0.15, 0.2) is 0 Å². The first kappa shape index (κ1) is 14.8. The third-order valence-electron chi connectivity index (χ3n) is 4.85. The van der Waals surface area contributed by atoms with Crippen molar-refractivity contribution >= 4 is 32.1 Å². The fourth-order valence-corrected chi connectivity index (χ4v) is 4.16. The van der Waals surface area contributed by atoms with Crippen LogP contribution in [-0.4, -0.2) is 16.5 Å². The van der Waals surface area contributed by atoms with E-state index in [4.69, 9.17) is 16.2 Å². The molecule has 2 aromatic heterocycles. The highest BCUT2D eigenvalue weighted by Gasteiger charge is 2.39. The first-order valence-electron chi connectivity index (χ1n) is 8.42. The molecule has 1 aliphatic rings. The first-order chi connectivity index (χ1) is 12.1. The second-order valence-corrected chi connectivity index (χ2v) is 8.00. The molecular weight excluding hydrogens is 330 g/mol. The van der Waals surface area contributed by atoms with Gasteiger partial charge in [0.05, 0.1) is 15.8 Å². The number of ether oxygens (including phenoxy) is 1. The SMILES string of the molecule is Nc1ccc(-c2cc3sc4cc(OCC5(N)CC5)ccc4n3c2)cc1. The zero-order valence-electron chi connectivity index (χ0n) is 13.7. The fraction of sp³-hybridized carbons (Fsp3) is 0.200. The highest BCUT2D eigenvalue weighted by Crippen LogP contribution is 2.36. The van der Waals surface area contributed by atoms with Gasteiger partial charge in [0.2, 0.25) is 0 Å². The molecule has 0 amide bonds. The Morgan fingerprint density at radius 1 is 1.04 bits per heavy atom. The zero-order valence-corrected chi connectivity index (χ0v) is 14.6. The predicted octanol–water partition coefficient (Wildman–Crippen LogP) is 4.27. The Morgan fingerprint density at radius 3 is 2.60 bits per heavy atom. The second-order valence-electron chi connectivity index (χ2n) is 6.94. The highest BCUT2D eigenvalue weighted by atomic mass is 32.1. The van der Waals surface area contributed by atoms with E-state index in [0.29, 0.717) is 6.61 Å². The summed E-state index contributed by atoms with van der Waals surface area (Å²) >= 11 is 1.77. The molecule has 1 saturated carbocycles. The van der Waals surface area contributed by atoms with Gasteiger partial charge in [-0.15, -0.1) is 11.3 Å². The van der Waals surface area contributed by atoms with Crippen molar-refractivity contribution < 1.29 is 4.74 Å². The van der Waals surface area contributed by atoms with Gasteiger partial charge in [-0.3, -0.25) is 0 Å². The molecule has 0 unspecified atom stereocenters. The highest BCUT2D eigenvalue weighted by molar-refractivity contribution is 7.24. The summed E-state index contributed by atoms with van der Waals surface area (Å²) < 4.78 is 9.34.